The van der Waals surface area contributed by atoms with Crippen molar-refractivity contribution in [1.82, 2.24) is 14.1 Å². The number of phosphoric acid groups is 3. The Morgan fingerprint density at radius 1 is 0.891 bits per heavy atom. The molecule has 0 aliphatic carbocycles. The van der Waals surface area contributed by atoms with E-state index in [9.17, 15) is 56.5 Å². The van der Waals surface area contributed by atoms with Gasteiger partial charge in [-0.15, -0.1) is 0 Å². The van der Waals surface area contributed by atoms with Crippen LogP contribution in [0.25, 0.3) is 11.1 Å². The molecule has 3 aromatic rings. The maximum Gasteiger partial charge on any atom is 0.490 e. The molecule has 2 aromatic heterocycles. The van der Waals surface area contributed by atoms with Crippen molar-refractivity contribution in [3.8, 4) is 11.1 Å². The summed E-state index contributed by atoms with van der Waals surface area (Å²) in [5.74, 6) is 0. The first kappa shape index (κ1) is 36.0. The zero-order chi connectivity index (χ0) is 34.2. The third kappa shape index (κ3) is 8.93. The number of benzene rings is 1. The average molecular weight is 719 g/mol. The Balaban J connectivity index is 1.50. The average Bonchev–Trinajstić information content (AvgIpc) is 3.20. The van der Waals surface area contributed by atoms with Crippen LogP contribution in [0, 0.1) is 0 Å². The van der Waals surface area contributed by atoms with Gasteiger partial charge >= 0.3 is 35.3 Å². The molecular weight excluding hydrogens is 696 g/mol. The van der Waals surface area contributed by atoms with E-state index in [4.69, 9.17) is 14.5 Å². The fourth-order valence-corrected chi connectivity index (χ4v) is 7.23. The number of nitrogens with zero attached hydrogens (tertiary/aromatic N) is 3. The fraction of sp³-hybridized carbons (Fsp3) is 0.318. The smallest absolute Gasteiger partial charge is 0.387 e. The Bertz CT molecular complexity index is 1850. The van der Waals surface area contributed by atoms with Crippen molar-refractivity contribution in [3.63, 3.8) is 0 Å². The van der Waals surface area contributed by atoms with Gasteiger partial charge in [0.2, 0.25) is 0 Å². The van der Waals surface area contributed by atoms with Gasteiger partial charge in [0.05, 0.1) is 24.4 Å². The number of aromatic nitrogens is 3. The Morgan fingerprint density at radius 3 is 2.15 bits per heavy atom. The number of halogens is 3. The summed E-state index contributed by atoms with van der Waals surface area (Å²) >= 11 is 0. The Hall–Kier alpha value is -2.87. The summed E-state index contributed by atoms with van der Waals surface area (Å²) in [6, 6.07) is 8.05. The van der Waals surface area contributed by atoms with Crippen molar-refractivity contribution >= 4 is 23.5 Å². The van der Waals surface area contributed by atoms with Gasteiger partial charge in [0.25, 0.3) is 5.56 Å². The third-order valence-electron chi connectivity index (χ3n) is 6.21. The van der Waals surface area contributed by atoms with Crippen molar-refractivity contribution < 1.29 is 74.5 Å². The first-order valence-electron chi connectivity index (χ1n) is 12.4. The molecule has 1 saturated heterocycles. The number of aliphatic hydroxyl groups is 2. The predicted molar refractivity (Wildman–Crippen MR) is 144 cm³/mol. The number of ether oxygens (including phenoxy) is 1. The van der Waals surface area contributed by atoms with Gasteiger partial charge in [0.1, 0.15) is 18.3 Å². The van der Waals surface area contributed by atoms with Crippen LogP contribution in [0.3, 0.4) is 0 Å². The largest absolute Gasteiger partial charge is 0.490 e. The normalized spacial score (nSPS) is 23.2. The van der Waals surface area contributed by atoms with Crippen molar-refractivity contribution in [1.29, 1.82) is 0 Å². The van der Waals surface area contributed by atoms with Crippen LogP contribution in [0.2, 0.25) is 0 Å². The van der Waals surface area contributed by atoms with E-state index < -0.39 is 84.1 Å². The number of hydrogen-bond donors (Lipinski definition) is 6. The molecule has 1 fully saturated rings. The van der Waals surface area contributed by atoms with E-state index in [1.165, 1.54) is 30.5 Å². The van der Waals surface area contributed by atoms with Gasteiger partial charge in [-0.2, -0.15) is 21.8 Å². The second-order valence-electron chi connectivity index (χ2n) is 9.47. The number of aliphatic hydroxyl groups excluding tert-OH is 2. The number of phosphoric ester groups is 1. The van der Waals surface area contributed by atoms with Crippen LogP contribution >= 0.6 is 23.5 Å². The van der Waals surface area contributed by atoms with E-state index in [1.807, 2.05) is 0 Å². The molecule has 252 valence electrons. The molecule has 0 bridgehead atoms. The number of hydrogen-bond acceptors (Lipinski definition) is 12. The highest BCUT2D eigenvalue weighted by Crippen LogP contribution is 2.66. The van der Waals surface area contributed by atoms with Crippen LogP contribution in [-0.2, 0) is 44.3 Å². The zero-order valence-corrected chi connectivity index (χ0v) is 25.3. The number of pyridine rings is 1. The number of rotatable bonds is 11. The molecule has 0 amide bonds. The predicted octanol–water partition coefficient (Wildman–Crippen LogP) is 1.10. The summed E-state index contributed by atoms with van der Waals surface area (Å²) in [7, 11) is -17.1. The van der Waals surface area contributed by atoms with Crippen molar-refractivity contribution in [3.05, 3.63) is 87.0 Å². The van der Waals surface area contributed by atoms with Gasteiger partial charge in [0.15, 0.2) is 6.23 Å². The van der Waals surface area contributed by atoms with Crippen LogP contribution < -0.4 is 11.2 Å². The standard InChI is InChI=1S/C22H23F3N3O15P3/c23-22(24,25)14-3-1-12(2-4-14)13-5-7-26-15(9-13)10-28-17(29)6-8-27(21(28)32)20-19(31)18(30)16(41-20)11-40-45(36,37)43-46(38,39)42-44(33,34)35/h1-9,16,18-20,30-31H,10-11H2,(H,36,37)(H,38,39)(H2,33,34,35)/t16-,18+,19?,20-/m1/s1. The molecule has 6 atom stereocenters. The van der Waals surface area contributed by atoms with Crippen LogP contribution in [0.4, 0.5) is 13.2 Å². The second-order valence-corrected chi connectivity index (χ2v) is 13.9. The summed E-state index contributed by atoms with van der Waals surface area (Å²) in [4.78, 5) is 66.0. The molecule has 0 saturated carbocycles. The van der Waals surface area contributed by atoms with E-state index >= 15 is 0 Å². The maximum absolute atomic E-state index is 13.3. The van der Waals surface area contributed by atoms with Gasteiger partial charge < -0.3 is 34.5 Å². The molecule has 3 unspecified atom stereocenters. The third-order valence-corrected chi connectivity index (χ3v) is 10.0. The first-order chi connectivity index (χ1) is 21.2. The molecule has 0 spiro atoms. The highest BCUT2D eigenvalue weighted by molar-refractivity contribution is 7.66. The lowest BCUT2D eigenvalue weighted by molar-refractivity contribution is -0.137. The molecule has 1 aliphatic rings. The van der Waals surface area contributed by atoms with Crippen LogP contribution in [-0.4, -0.2) is 68.8 Å². The van der Waals surface area contributed by atoms with Crippen molar-refractivity contribution in [2.75, 3.05) is 6.61 Å². The van der Waals surface area contributed by atoms with E-state index in [0.29, 0.717) is 20.3 Å². The SMILES string of the molecule is O=c1ccn([C@@H]2O[C@H](COP(=O)(O)OP(=O)(O)OP(=O)(O)O)[C@H](O)C2O)c(=O)n1Cc1cc(-c2ccc(C(F)(F)F)cc2)ccn1. The molecule has 6 N–H and O–H groups in total. The lowest BCUT2D eigenvalue weighted by Crippen LogP contribution is -2.43. The minimum atomic E-state index is -5.84. The summed E-state index contributed by atoms with van der Waals surface area (Å²) in [5.41, 5.74) is -1.84. The summed E-state index contributed by atoms with van der Waals surface area (Å²) < 4.78 is 91.2. The van der Waals surface area contributed by atoms with Gasteiger partial charge in [-0.1, -0.05) is 12.1 Å². The second kappa shape index (κ2) is 13.3. The minimum absolute atomic E-state index is 0.135. The van der Waals surface area contributed by atoms with E-state index in [2.05, 4.69) is 18.1 Å². The Kier molecular flexibility index (Phi) is 10.4. The lowest BCUT2D eigenvalue weighted by atomic mass is 10.0. The molecule has 46 heavy (non-hydrogen) atoms. The maximum atomic E-state index is 13.3. The highest BCUT2D eigenvalue weighted by atomic mass is 31.3. The zero-order valence-electron chi connectivity index (χ0n) is 22.6. The van der Waals surface area contributed by atoms with Crippen LogP contribution in [0.15, 0.2) is 64.4 Å². The van der Waals surface area contributed by atoms with Crippen molar-refractivity contribution in [2.45, 2.75) is 37.3 Å². The fourth-order valence-electron chi connectivity index (χ4n) is 4.20. The van der Waals surface area contributed by atoms with Gasteiger partial charge in [0, 0.05) is 18.5 Å². The Morgan fingerprint density at radius 2 is 1.54 bits per heavy atom. The summed E-state index contributed by atoms with van der Waals surface area (Å²) in [6.45, 7) is -1.60. The van der Waals surface area contributed by atoms with Gasteiger partial charge in [-0.05, 0) is 35.4 Å². The van der Waals surface area contributed by atoms with E-state index in [-0.39, 0.29) is 5.69 Å². The van der Waals surface area contributed by atoms with Crippen molar-refractivity contribution in [2.24, 2.45) is 0 Å². The minimum Gasteiger partial charge on any atom is -0.387 e. The lowest BCUT2D eigenvalue weighted by Gasteiger charge is -2.19. The topological polar surface area (TPSA) is 266 Å². The molecule has 0 radical (unpaired) electrons. The summed E-state index contributed by atoms with van der Waals surface area (Å²) in [5, 5.41) is 20.9. The molecule has 1 aromatic carbocycles. The summed E-state index contributed by atoms with van der Waals surface area (Å²) in [6.07, 6.45) is -9.60. The Labute approximate surface area is 254 Å². The molecule has 24 heteroatoms. The quantitative estimate of drug-likeness (QED) is 0.152. The molecule has 3 heterocycles. The van der Waals surface area contributed by atoms with E-state index in [0.717, 1.165) is 24.4 Å². The molecule has 1 aliphatic heterocycles. The van der Waals surface area contributed by atoms with Crippen LogP contribution in [0.5, 0.6) is 0 Å². The van der Waals surface area contributed by atoms with Crippen LogP contribution in [0.1, 0.15) is 17.5 Å². The first-order valence-corrected chi connectivity index (χ1v) is 16.9. The van der Waals surface area contributed by atoms with E-state index in [1.54, 1.807) is 0 Å². The molecular formula is C22H23F3N3O15P3. The highest BCUT2D eigenvalue weighted by Gasteiger charge is 2.47. The van der Waals surface area contributed by atoms with Gasteiger partial charge in [-0.25, -0.2) is 18.5 Å². The monoisotopic (exact) mass is 719 g/mol. The molecule has 4 rings (SSSR count). The van der Waals surface area contributed by atoms with Gasteiger partial charge in [-0.3, -0.25) is 23.4 Å². The molecule has 18 nitrogen and oxygen atoms in total. The number of alkyl halides is 3.